The van der Waals surface area contributed by atoms with Crippen molar-refractivity contribution in [1.29, 1.82) is 0 Å². The molecule has 2 rings (SSSR count). The summed E-state index contributed by atoms with van der Waals surface area (Å²) in [5.74, 6) is -5.66. The van der Waals surface area contributed by atoms with E-state index in [0.29, 0.717) is 0 Å². The Hall–Kier alpha value is -3.50. The van der Waals surface area contributed by atoms with Crippen LogP contribution in [0.2, 0.25) is 0 Å². The molecule has 10 nitrogen and oxygen atoms in total. The predicted octanol–water partition coefficient (Wildman–Crippen LogP) is 0.452. The Balaban J connectivity index is 2.50. The number of rotatable bonds is 6. The van der Waals surface area contributed by atoms with E-state index in [1.807, 2.05) is 0 Å². The second-order valence-electron chi connectivity index (χ2n) is 6.32. The first kappa shape index (κ1) is 20.8. The molecule has 0 saturated carbocycles. The van der Waals surface area contributed by atoms with Crippen molar-refractivity contribution in [2.45, 2.75) is 18.4 Å². The molecule has 0 saturated heterocycles. The van der Waals surface area contributed by atoms with Gasteiger partial charge in [-0.25, -0.2) is 5.06 Å². The van der Waals surface area contributed by atoms with Crippen molar-refractivity contribution in [3.8, 4) is 28.7 Å². The quantitative estimate of drug-likeness (QED) is 0.159. The molecule has 0 aliphatic heterocycles. The molecule has 0 aromatic heterocycles. The van der Waals surface area contributed by atoms with Crippen molar-refractivity contribution in [1.82, 2.24) is 5.06 Å². The zero-order valence-electron chi connectivity index (χ0n) is 14.7. The summed E-state index contributed by atoms with van der Waals surface area (Å²) in [5, 5.41) is 68.2. The van der Waals surface area contributed by atoms with Gasteiger partial charge in [-0.3, -0.25) is 14.8 Å². The highest BCUT2D eigenvalue weighted by Crippen LogP contribution is 2.39. The Morgan fingerprint density at radius 1 is 0.929 bits per heavy atom. The highest BCUT2D eigenvalue weighted by atomic mass is 16.5. The summed E-state index contributed by atoms with van der Waals surface area (Å²) in [4.78, 5) is 23.8. The summed E-state index contributed by atoms with van der Waals surface area (Å²) in [5.41, 5.74) is -2.11. The minimum atomic E-state index is -2.14. The Kier molecular flexibility index (Phi) is 5.67. The molecule has 0 spiro atoms. The lowest BCUT2D eigenvalue weighted by atomic mass is 9.82. The van der Waals surface area contributed by atoms with E-state index < -0.39 is 58.9 Å². The molecule has 0 bridgehead atoms. The molecule has 1 amide bonds. The van der Waals surface area contributed by atoms with Gasteiger partial charge in [-0.05, 0) is 35.4 Å². The van der Waals surface area contributed by atoms with E-state index >= 15 is 0 Å². The van der Waals surface area contributed by atoms with Gasteiger partial charge in [0.05, 0.1) is 0 Å². The highest BCUT2D eigenvalue weighted by molar-refractivity contribution is 6.35. The van der Waals surface area contributed by atoms with Gasteiger partial charge in [0.25, 0.3) is 0 Å². The number of benzene rings is 2. The maximum atomic E-state index is 12.1. The van der Waals surface area contributed by atoms with Crippen LogP contribution < -0.4 is 0 Å². The van der Waals surface area contributed by atoms with Crippen LogP contribution in [-0.4, -0.2) is 59.6 Å². The smallest absolute Gasteiger partial charge is 0.313 e. The van der Waals surface area contributed by atoms with Crippen LogP contribution in [0.1, 0.15) is 17.5 Å². The first-order valence-electron chi connectivity index (χ1n) is 7.93. The van der Waals surface area contributed by atoms with Crippen LogP contribution in [0.5, 0.6) is 28.7 Å². The molecule has 0 fully saturated rings. The van der Waals surface area contributed by atoms with Gasteiger partial charge in [0.1, 0.15) is 5.60 Å². The number of carbonyl (C=O) groups is 2. The molecule has 1 unspecified atom stereocenters. The third-order valence-corrected chi connectivity index (χ3v) is 4.12. The second-order valence-corrected chi connectivity index (χ2v) is 6.32. The van der Waals surface area contributed by atoms with Crippen molar-refractivity contribution in [3.05, 3.63) is 41.5 Å². The maximum Gasteiger partial charge on any atom is 0.313 e. The van der Waals surface area contributed by atoms with Gasteiger partial charge >= 0.3 is 5.91 Å². The fourth-order valence-corrected chi connectivity index (χ4v) is 2.70. The molecule has 28 heavy (non-hydrogen) atoms. The van der Waals surface area contributed by atoms with Crippen LogP contribution in [0, 0.1) is 0 Å². The van der Waals surface area contributed by atoms with Crippen molar-refractivity contribution in [3.63, 3.8) is 0 Å². The SMILES string of the molecule is CN(O)C(=O)C(=O)CC(O)(Cc1cc(O)c(O)c(O)c1)c1ccc(O)c(O)c1. The predicted molar refractivity (Wildman–Crippen MR) is 93.0 cm³/mol. The van der Waals surface area contributed by atoms with Gasteiger partial charge in [-0.15, -0.1) is 0 Å². The number of carbonyl (C=O) groups excluding carboxylic acids is 2. The van der Waals surface area contributed by atoms with Crippen LogP contribution in [0.25, 0.3) is 0 Å². The van der Waals surface area contributed by atoms with Gasteiger partial charge in [-0.1, -0.05) is 6.07 Å². The largest absolute Gasteiger partial charge is 0.504 e. The van der Waals surface area contributed by atoms with Gasteiger partial charge in [-0.2, -0.15) is 0 Å². The normalized spacial score (nSPS) is 13.0. The van der Waals surface area contributed by atoms with E-state index in [2.05, 4.69) is 0 Å². The summed E-state index contributed by atoms with van der Waals surface area (Å²) in [7, 11) is 0.932. The molecule has 0 radical (unpaired) electrons. The van der Waals surface area contributed by atoms with Gasteiger partial charge in [0.2, 0.25) is 5.78 Å². The van der Waals surface area contributed by atoms with E-state index in [9.17, 15) is 40.2 Å². The molecular formula is C18H19NO9. The molecule has 1 atom stereocenters. The molecular weight excluding hydrogens is 374 g/mol. The van der Waals surface area contributed by atoms with E-state index in [4.69, 9.17) is 5.21 Å². The summed E-state index contributed by atoms with van der Waals surface area (Å²) in [6.07, 6.45) is -1.27. The first-order valence-corrected chi connectivity index (χ1v) is 7.93. The average molecular weight is 393 g/mol. The Labute approximate surface area is 158 Å². The third kappa shape index (κ3) is 4.24. The molecule has 2 aromatic rings. The zero-order valence-corrected chi connectivity index (χ0v) is 14.7. The van der Waals surface area contributed by atoms with Crippen LogP contribution in [0.3, 0.4) is 0 Å². The highest BCUT2D eigenvalue weighted by Gasteiger charge is 2.36. The summed E-state index contributed by atoms with van der Waals surface area (Å²) in [6.45, 7) is 0. The number of amides is 1. The molecule has 7 N–H and O–H groups in total. The number of ketones is 1. The van der Waals surface area contributed by atoms with Crippen LogP contribution in [-0.2, 0) is 21.6 Å². The van der Waals surface area contributed by atoms with Crippen LogP contribution in [0.15, 0.2) is 30.3 Å². The minimum Gasteiger partial charge on any atom is -0.504 e. The van der Waals surface area contributed by atoms with Crippen LogP contribution in [0.4, 0.5) is 0 Å². The van der Waals surface area contributed by atoms with Crippen LogP contribution >= 0.6 is 0 Å². The monoisotopic (exact) mass is 393 g/mol. The number of phenols is 5. The van der Waals surface area contributed by atoms with E-state index in [1.165, 1.54) is 6.07 Å². The lowest BCUT2D eigenvalue weighted by molar-refractivity contribution is -0.167. The number of phenolic OH excluding ortho intramolecular Hbond substituents is 5. The number of Topliss-reactive ketones (excluding diaryl/α,β-unsaturated/α-hetero) is 1. The summed E-state index contributed by atoms with van der Waals surface area (Å²) < 4.78 is 0. The number of aliphatic hydroxyl groups is 1. The maximum absolute atomic E-state index is 12.1. The van der Waals surface area contributed by atoms with Gasteiger partial charge in [0, 0.05) is 19.9 Å². The molecule has 2 aromatic carbocycles. The molecule has 0 aliphatic carbocycles. The van der Waals surface area contributed by atoms with E-state index in [0.717, 1.165) is 31.3 Å². The van der Waals surface area contributed by atoms with E-state index in [-0.39, 0.29) is 16.2 Å². The lowest BCUT2D eigenvalue weighted by Crippen LogP contribution is -2.38. The Bertz CT molecular complexity index is 902. The topological polar surface area (TPSA) is 179 Å². The number of likely N-dealkylation sites (N-methyl/N-ethyl adjacent to an activating group) is 1. The van der Waals surface area contributed by atoms with Gasteiger partial charge in [0.15, 0.2) is 28.7 Å². The summed E-state index contributed by atoms with van der Waals surface area (Å²) >= 11 is 0. The lowest BCUT2D eigenvalue weighted by Gasteiger charge is -2.29. The Morgan fingerprint density at radius 2 is 1.50 bits per heavy atom. The van der Waals surface area contributed by atoms with Crippen molar-refractivity contribution in [2.75, 3.05) is 7.05 Å². The average Bonchev–Trinajstić information content (AvgIpc) is 2.60. The number of hydroxylamine groups is 2. The summed E-state index contributed by atoms with van der Waals surface area (Å²) in [6, 6.07) is 5.31. The molecule has 10 heteroatoms. The second kappa shape index (κ2) is 7.62. The fourth-order valence-electron chi connectivity index (χ4n) is 2.70. The standard InChI is InChI=1S/C18H19NO9/c1-19(28)17(26)15(24)8-18(27,10-2-3-11(20)12(21)6-10)7-9-4-13(22)16(25)14(23)5-9/h2-6,20-23,25,27-28H,7-8H2,1H3. The zero-order chi connectivity index (χ0) is 21.2. The number of hydrogen-bond donors (Lipinski definition) is 7. The Morgan fingerprint density at radius 3 is 2.00 bits per heavy atom. The van der Waals surface area contributed by atoms with Crippen molar-refractivity contribution >= 4 is 11.7 Å². The molecule has 0 aliphatic rings. The van der Waals surface area contributed by atoms with Crippen molar-refractivity contribution in [2.24, 2.45) is 0 Å². The number of hydrogen-bond acceptors (Lipinski definition) is 9. The molecule has 0 heterocycles. The minimum absolute atomic E-state index is 0.0509. The first-order chi connectivity index (χ1) is 12.9. The van der Waals surface area contributed by atoms with E-state index in [1.54, 1.807) is 0 Å². The third-order valence-electron chi connectivity index (χ3n) is 4.12. The fraction of sp³-hybridized carbons (Fsp3) is 0.222. The number of aromatic hydroxyl groups is 5. The van der Waals surface area contributed by atoms with Gasteiger partial charge < -0.3 is 30.6 Å². The van der Waals surface area contributed by atoms with Crippen molar-refractivity contribution < 1.29 is 45.4 Å². The number of nitrogens with zero attached hydrogens (tertiary/aromatic N) is 1. The molecule has 150 valence electrons.